The van der Waals surface area contributed by atoms with Gasteiger partial charge in [-0.05, 0) is 12.2 Å². The Balaban J connectivity index is 2.56. The molecule has 11 heavy (non-hydrogen) atoms. The average molecular weight is 169 g/mol. The highest BCUT2D eigenvalue weighted by Gasteiger charge is 1.94. The molecule has 0 aliphatic carbocycles. The highest BCUT2D eigenvalue weighted by Crippen LogP contribution is 2.15. The summed E-state index contributed by atoms with van der Waals surface area (Å²) in [4.78, 5) is 7.85. The number of aromatic nitrogens is 2. The van der Waals surface area contributed by atoms with Gasteiger partial charge in [-0.1, -0.05) is 6.92 Å². The minimum Gasteiger partial charge on any atom is -0.384 e. The van der Waals surface area contributed by atoms with E-state index < -0.39 is 0 Å². The molecule has 1 aromatic rings. The minimum absolute atomic E-state index is 0.540. The van der Waals surface area contributed by atoms with E-state index in [2.05, 4.69) is 16.9 Å². The molecule has 0 bridgehead atoms. The summed E-state index contributed by atoms with van der Waals surface area (Å²) in [6.07, 6.45) is 2.64. The van der Waals surface area contributed by atoms with Gasteiger partial charge in [0.2, 0.25) is 0 Å². The summed E-state index contributed by atoms with van der Waals surface area (Å²) in [7, 11) is 0. The Bertz CT molecular complexity index is 227. The molecule has 1 rings (SSSR count). The molecule has 3 nitrogen and oxygen atoms in total. The molecular weight excluding hydrogens is 158 g/mol. The van der Waals surface area contributed by atoms with E-state index in [0.717, 1.165) is 17.2 Å². The lowest BCUT2D eigenvalue weighted by Crippen LogP contribution is -1.91. The fourth-order valence-electron chi connectivity index (χ4n) is 0.639. The molecule has 1 aromatic heterocycles. The van der Waals surface area contributed by atoms with Crippen LogP contribution in [0.3, 0.4) is 0 Å². The van der Waals surface area contributed by atoms with Crippen LogP contribution in [-0.2, 0) is 0 Å². The van der Waals surface area contributed by atoms with E-state index in [9.17, 15) is 0 Å². The molecule has 1 heterocycles. The Morgan fingerprint density at radius 1 is 1.55 bits per heavy atom. The van der Waals surface area contributed by atoms with Gasteiger partial charge < -0.3 is 5.73 Å². The van der Waals surface area contributed by atoms with Gasteiger partial charge in [-0.15, -0.1) is 11.8 Å². The van der Waals surface area contributed by atoms with Crippen molar-refractivity contribution in [2.24, 2.45) is 0 Å². The molecule has 0 aliphatic rings. The van der Waals surface area contributed by atoms with Crippen molar-refractivity contribution in [1.29, 1.82) is 0 Å². The maximum atomic E-state index is 5.47. The van der Waals surface area contributed by atoms with Crippen LogP contribution in [0.15, 0.2) is 17.4 Å². The number of nitrogens with two attached hydrogens (primary N) is 1. The number of hydrogen-bond acceptors (Lipinski definition) is 4. The highest BCUT2D eigenvalue weighted by atomic mass is 32.2. The number of anilines is 1. The molecule has 4 heteroatoms. The first kappa shape index (κ1) is 8.33. The van der Waals surface area contributed by atoms with E-state index in [1.165, 1.54) is 6.33 Å². The molecule has 2 N–H and O–H groups in total. The van der Waals surface area contributed by atoms with Crippen LogP contribution >= 0.6 is 11.8 Å². The van der Waals surface area contributed by atoms with Gasteiger partial charge in [0.05, 0.1) is 0 Å². The minimum atomic E-state index is 0.540. The van der Waals surface area contributed by atoms with Crippen molar-refractivity contribution in [3.05, 3.63) is 12.4 Å². The van der Waals surface area contributed by atoms with E-state index in [4.69, 9.17) is 5.73 Å². The molecule has 0 aromatic carbocycles. The summed E-state index contributed by atoms with van der Waals surface area (Å²) < 4.78 is 0. The maximum absolute atomic E-state index is 5.47. The van der Waals surface area contributed by atoms with Gasteiger partial charge in [-0.3, -0.25) is 0 Å². The molecule has 0 atom stereocenters. The zero-order valence-corrected chi connectivity index (χ0v) is 7.27. The largest absolute Gasteiger partial charge is 0.384 e. The lowest BCUT2D eigenvalue weighted by atomic mass is 10.6. The summed E-state index contributed by atoms with van der Waals surface area (Å²) in [6, 6.07) is 1.79. The van der Waals surface area contributed by atoms with Crippen molar-refractivity contribution >= 4 is 17.6 Å². The third-order valence-corrected chi connectivity index (χ3v) is 2.25. The van der Waals surface area contributed by atoms with Crippen LogP contribution in [0.5, 0.6) is 0 Å². The molecular formula is C7H11N3S. The Hall–Kier alpha value is -0.770. The van der Waals surface area contributed by atoms with Crippen LogP contribution in [0.25, 0.3) is 0 Å². The number of rotatable bonds is 3. The number of hydrogen-bond donors (Lipinski definition) is 1. The first-order valence-electron chi connectivity index (χ1n) is 3.53. The molecule has 60 valence electrons. The van der Waals surface area contributed by atoms with Crippen molar-refractivity contribution in [3.8, 4) is 0 Å². The topological polar surface area (TPSA) is 51.8 Å². The first-order chi connectivity index (χ1) is 5.33. The number of thioether (sulfide) groups is 1. The van der Waals surface area contributed by atoms with Crippen LogP contribution in [0, 0.1) is 0 Å². The quantitative estimate of drug-likeness (QED) is 0.551. The third-order valence-electron chi connectivity index (χ3n) is 1.12. The molecule has 0 saturated carbocycles. The second-order valence-electron chi connectivity index (χ2n) is 2.13. The fraction of sp³-hybridized carbons (Fsp3) is 0.429. The van der Waals surface area contributed by atoms with Gasteiger partial charge in [0, 0.05) is 6.07 Å². The molecule has 0 saturated heterocycles. The molecule has 0 spiro atoms. The van der Waals surface area contributed by atoms with Crippen LogP contribution in [0.2, 0.25) is 0 Å². The Morgan fingerprint density at radius 3 is 3.00 bits per heavy atom. The van der Waals surface area contributed by atoms with Crippen molar-refractivity contribution in [2.75, 3.05) is 11.5 Å². The van der Waals surface area contributed by atoms with Crippen LogP contribution in [0.1, 0.15) is 13.3 Å². The maximum Gasteiger partial charge on any atom is 0.127 e. The van der Waals surface area contributed by atoms with E-state index in [1.807, 2.05) is 0 Å². The molecule has 0 aliphatic heterocycles. The second-order valence-corrected chi connectivity index (χ2v) is 3.24. The van der Waals surface area contributed by atoms with Gasteiger partial charge in [0.1, 0.15) is 17.2 Å². The lowest BCUT2D eigenvalue weighted by Gasteiger charge is -1.97. The van der Waals surface area contributed by atoms with Gasteiger partial charge in [0.25, 0.3) is 0 Å². The molecule has 0 fully saturated rings. The Kier molecular flexibility index (Phi) is 3.16. The lowest BCUT2D eigenvalue weighted by molar-refractivity contribution is 1.04. The smallest absolute Gasteiger partial charge is 0.127 e. The monoisotopic (exact) mass is 169 g/mol. The summed E-state index contributed by atoms with van der Waals surface area (Å²) in [5.41, 5.74) is 5.47. The van der Waals surface area contributed by atoms with E-state index >= 15 is 0 Å². The zero-order valence-electron chi connectivity index (χ0n) is 6.45. The van der Waals surface area contributed by atoms with Crippen LogP contribution in [-0.4, -0.2) is 15.7 Å². The standard InChI is InChI=1S/C7H11N3S/c1-2-3-11-7-4-6(8)9-5-10-7/h4-5H,2-3H2,1H3,(H2,8,9,10). The molecule has 0 radical (unpaired) electrons. The summed E-state index contributed by atoms with van der Waals surface area (Å²) in [6.45, 7) is 2.14. The summed E-state index contributed by atoms with van der Waals surface area (Å²) in [5, 5.41) is 0.958. The summed E-state index contributed by atoms with van der Waals surface area (Å²) >= 11 is 1.70. The van der Waals surface area contributed by atoms with Crippen molar-refractivity contribution in [2.45, 2.75) is 18.4 Å². The van der Waals surface area contributed by atoms with Crippen LogP contribution in [0.4, 0.5) is 5.82 Å². The van der Waals surface area contributed by atoms with Crippen molar-refractivity contribution in [1.82, 2.24) is 9.97 Å². The second kappa shape index (κ2) is 4.18. The summed E-state index contributed by atoms with van der Waals surface area (Å²) in [5.74, 6) is 1.62. The van der Waals surface area contributed by atoms with E-state index in [1.54, 1.807) is 17.8 Å². The van der Waals surface area contributed by atoms with Crippen molar-refractivity contribution < 1.29 is 0 Å². The fourth-order valence-corrected chi connectivity index (χ4v) is 1.38. The van der Waals surface area contributed by atoms with Gasteiger partial charge in [0.15, 0.2) is 0 Å². The van der Waals surface area contributed by atoms with E-state index in [0.29, 0.717) is 5.82 Å². The molecule has 0 unspecified atom stereocenters. The highest BCUT2D eigenvalue weighted by molar-refractivity contribution is 7.99. The molecule has 0 amide bonds. The van der Waals surface area contributed by atoms with Gasteiger partial charge >= 0.3 is 0 Å². The average Bonchev–Trinajstić information content (AvgIpc) is 2.01. The Morgan fingerprint density at radius 2 is 2.36 bits per heavy atom. The predicted octanol–water partition coefficient (Wildman–Crippen LogP) is 1.56. The Labute approximate surface area is 70.4 Å². The number of nitrogens with zero attached hydrogens (tertiary/aromatic N) is 2. The zero-order chi connectivity index (χ0) is 8.10. The van der Waals surface area contributed by atoms with Gasteiger partial charge in [-0.25, -0.2) is 9.97 Å². The third kappa shape index (κ3) is 2.76. The number of nitrogen functional groups attached to an aromatic ring is 1. The normalized spacial score (nSPS) is 9.91. The SMILES string of the molecule is CCCSc1cc(N)ncn1. The van der Waals surface area contributed by atoms with E-state index in [-0.39, 0.29) is 0 Å². The van der Waals surface area contributed by atoms with Gasteiger partial charge in [-0.2, -0.15) is 0 Å². The predicted molar refractivity (Wildman–Crippen MR) is 47.5 cm³/mol. The van der Waals surface area contributed by atoms with Crippen LogP contribution < -0.4 is 5.73 Å². The van der Waals surface area contributed by atoms with Crippen molar-refractivity contribution in [3.63, 3.8) is 0 Å². The first-order valence-corrected chi connectivity index (χ1v) is 4.52.